The van der Waals surface area contributed by atoms with Gasteiger partial charge in [0, 0.05) is 50.7 Å². The zero-order valence-corrected chi connectivity index (χ0v) is 16.0. The summed E-state index contributed by atoms with van der Waals surface area (Å²) in [5.74, 6) is 1.96. The van der Waals surface area contributed by atoms with Gasteiger partial charge < -0.3 is 19.1 Å². The van der Waals surface area contributed by atoms with Gasteiger partial charge in [-0.1, -0.05) is 0 Å². The molecule has 0 N–H and O–H groups in total. The second kappa shape index (κ2) is 8.73. The predicted octanol–water partition coefficient (Wildman–Crippen LogP) is 2.07. The molecule has 1 saturated heterocycles. The van der Waals surface area contributed by atoms with Crippen LogP contribution in [-0.4, -0.2) is 68.2 Å². The number of methoxy groups -OCH3 is 3. The molecule has 144 valence electrons. The molecule has 1 aromatic carbocycles. The SMILES string of the molecule is COc1cc(CN2CCN(C(=O)c3ccncc3)CC2)cc(OC)c1OC. The number of aromatic nitrogens is 1. The first-order valence-corrected chi connectivity index (χ1v) is 8.86. The fraction of sp³-hybridized carbons (Fsp3) is 0.400. The molecule has 0 radical (unpaired) electrons. The third kappa shape index (κ3) is 4.31. The maximum atomic E-state index is 12.5. The molecule has 1 aromatic heterocycles. The van der Waals surface area contributed by atoms with Crippen LogP contribution in [0.15, 0.2) is 36.7 Å². The van der Waals surface area contributed by atoms with E-state index < -0.39 is 0 Å². The molecule has 0 unspecified atom stereocenters. The van der Waals surface area contributed by atoms with Crippen molar-refractivity contribution in [2.24, 2.45) is 0 Å². The van der Waals surface area contributed by atoms with Crippen molar-refractivity contribution in [3.05, 3.63) is 47.8 Å². The van der Waals surface area contributed by atoms with Crippen LogP contribution in [0.3, 0.4) is 0 Å². The normalized spacial score (nSPS) is 14.7. The van der Waals surface area contributed by atoms with E-state index in [-0.39, 0.29) is 5.91 Å². The van der Waals surface area contributed by atoms with Crippen molar-refractivity contribution in [2.75, 3.05) is 47.5 Å². The maximum Gasteiger partial charge on any atom is 0.254 e. The Bertz CT molecular complexity index is 749. The van der Waals surface area contributed by atoms with Gasteiger partial charge in [-0.2, -0.15) is 0 Å². The highest BCUT2D eigenvalue weighted by Crippen LogP contribution is 2.38. The predicted molar refractivity (Wildman–Crippen MR) is 102 cm³/mol. The van der Waals surface area contributed by atoms with Gasteiger partial charge in [0.1, 0.15) is 0 Å². The summed E-state index contributed by atoms with van der Waals surface area (Å²) in [7, 11) is 4.83. The molecule has 27 heavy (non-hydrogen) atoms. The van der Waals surface area contributed by atoms with Crippen molar-refractivity contribution in [1.82, 2.24) is 14.8 Å². The van der Waals surface area contributed by atoms with Gasteiger partial charge in [0.05, 0.1) is 21.3 Å². The number of rotatable bonds is 6. The van der Waals surface area contributed by atoms with Crippen LogP contribution in [0.5, 0.6) is 17.2 Å². The van der Waals surface area contributed by atoms with Crippen molar-refractivity contribution in [2.45, 2.75) is 6.54 Å². The molecular formula is C20H25N3O4. The number of piperazine rings is 1. The Morgan fingerprint density at radius 1 is 0.963 bits per heavy atom. The summed E-state index contributed by atoms with van der Waals surface area (Å²) in [5.41, 5.74) is 1.77. The van der Waals surface area contributed by atoms with E-state index in [9.17, 15) is 4.79 Å². The molecule has 1 amide bonds. The number of hydrogen-bond donors (Lipinski definition) is 0. The molecule has 0 bridgehead atoms. The molecule has 0 atom stereocenters. The van der Waals surface area contributed by atoms with Crippen molar-refractivity contribution in [3.63, 3.8) is 0 Å². The maximum absolute atomic E-state index is 12.5. The number of carbonyl (C=O) groups is 1. The first-order valence-electron chi connectivity index (χ1n) is 8.86. The fourth-order valence-corrected chi connectivity index (χ4v) is 3.27. The first-order chi connectivity index (χ1) is 13.2. The van der Waals surface area contributed by atoms with Gasteiger partial charge in [-0.05, 0) is 29.8 Å². The van der Waals surface area contributed by atoms with Crippen LogP contribution >= 0.6 is 0 Å². The topological polar surface area (TPSA) is 64.1 Å². The quantitative estimate of drug-likeness (QED) is 0.775. The molecule has 2 heterocycles. The minimum Gasteiger partial charge on any atom is -0.493 e. The molecule has 0 aliphatic carbocycles. The van der Waals surface area contributed by atoms with E-state index >= 15 is 0 Å². The molecule has 7 nitrogen and oxygen atoms in total. The Morgan fingerprint density at radius 3 is 2.07 bits per heavy atom. The molecule has 1 fully saturated rings. The van der Waals surface area contributed by atoms with Crippen molar-refractivity contribution in [1.29, 1.82) is 0 Å². The van der Waals surface area contributed by atoms with Gasteiger partial charge in [-0.3, -0.25) is 14.7 Å². The van der Waals surface area contributed by atoms with Crippen LogP contribution in [0.2, 0.25) is 0 Å². The molecule has 0 saturated carbocycles. The van der Waals surface area contributed by atoms with Gasteiger partial charge >= 0.3 is 0 Å². The molecule has 3 rings (SSSR count). The second-order valence-electron chi connectivity index (χ2n) is 6.34. The van der Waals surface area contributed by atoms with E-state index in [1.165, 1.54) is 0 Å². The Hall–Kier alpha value is -2.80. The number of carbonyl (C=O) groups excluding carboxylic acids is 1. The van der Waals surface area contributed by atoms with E-state index in [1.807, 2.05) is 17.0 Å². The van der Waals surface area contributed by atoms with E-state index in [2.05, 4.69) is 9.88 Å². The molecule has 1 aliphatic rings. The van der Waals surface area contributed by atoms with Crippen LogP contribution in [0, 0.1) is 0 Å². The zero-order valence-electron chi connectivity index (χ0n) is 16.0. The van der Waals surface area contributed by atoms with Crippen molar-refractivity contribution in [3.8, 4) is 17.2 Å². The van der Waals surface area contributed by atoms with Gasteiger partial charge in [-0.15, -0.1) is 0 Å². The van der Waals surface area contributed by atoms with Crippen LogP contribution in [0.1, 0.15) is 15.9 Å². The molecule has 2 aromatic rings. The van der Waals surface area contributed by atoms with Crippen molar-refractivity contribution >= 4 is 5.91 Å². The second-order valence-corrected chi connectivity index (χ2v) is 6.34. The average Bonchev–Trinajstić information content (AvgIpc) is 2.73. The molecule has 7 heteroatoms. The standard InChI is InChI=1S/C20H25N3O4/c1-25-17-12-15(13-18(26-2)19(17)27-3)14-22-8-10-23(11-9-22)20(24)16-4-6-21-7-5-16/h4-7,12-13H,8-11,14H2,1-3H3. The number of pyridine rings is 1. The summed E-state index contributed by atoms with van der Waals surface area (Å²) < 4.78 is 16.2. The lowest BCUT2D eigenvalue weighted by atomic mass is 10.1. The zero-order chi connectivity index (χ0) is 19.2. The Labute approximate surface area is 159 Å². The summed E-state index contributed by atoms with van der Waals surface area (Å²) in [6.45, 7) is 3.78. The Kier molecular flexibility index (Phi) is 6.13. The third-order valence-corrected chi connectivity index (χ3v) is 4.72. The monoisotopic (exact) mass is 371 g/mol. The summed E-state index contributed by atoms with van der Waals surface area (Å²) >= 11 is 0. The van der Waals surface area contributed by atoms with E-state index in [4.69, 9.17) is 14.2 Å². The van der Waals surface area contributed by atoms with E-state index in [0.717, 1.165) is 25.2 Å². The van der Waals surface area contributed by atoms with Crippen LogP contribution in [0.4, 0.5) is 0 Å². The smallest absolute Gasteiger partial charge is 0.254 e. The average molecular weight is 371 g/mol. The lowest BCUT2D eigenvalue weighted by Gasteiger charge is -2.35. The van der Waals surface area contributed by atoms with Gasteiger partial charge in [0.2, 0.25) is 5.75 Å². The lowest BCUT2D eigenvalue weighted by molar-refractivity contribution is 0.0628. The summed E-state index contributed by atoms with van der Waals surface area (Å²) in [5, 5.41) is 0. The lowest BCUT2D eigenvalue weighted by Crippen LogP contribution is -2.48. The number of benzene rings is 1. The summed E-state index contributed by atoms with van der Waals surface area (Å²) in [6, 6.07) is 7.45. The van der Waals surface area contributed by atoms with Crippen molar-refractivity contribution < 1.29 is 19.0 Å². The highest BCUT2D eigenvalue weighted by Gasteiger charge is 2.23. The minimum absolute atomic E-state index is 0.0600. The number of ether oxygens (including phenoxy) is 3. The highest BCUT2D eigenvalue weighted by atomic mass is 16.5. The van der Waals surface area contributed by atoms with Crippen LogP contribution in [-0.2, 0) is 6.54 Å². The largest absolute Gasteiger partial charge is 0.493 e. The fourth-order valence-electron chi connectivity index (χ4n) is 3.27. The van der Waals surface area contributed by atoms with E-state index in [1.54, 1.807) is 45.9 Å². The summed E-state index contributed by atoms with van der Waals surface area (Å²) in [6.07, 6.45) is 3.29. The molecular weight excluding hydrogens is 346 g/mol. The highest BCUT2D eigenvalue weighted by molar-refractivity contribution is 5.94. The first kappa shape index (κ1) is 19.0. The third-order valence-electron chi connectivity index (χ3n) is 4.72. The number of amides is 1. The molecule has 1 aliphatic heterocycles. The number of nitrogens with zero attached hydrogens (tertiary/aromatic N) is 3. The Morgan fingerprint density at radius 2 is 1.56 bits per heavy atom. The van der Waals surface area contributed by atoms with Gasteiger partial charge in [0.15, 0.2) is 11.5 Å². The molecule has 0 spiro atoms. The van der Waals surface area contributed by atoms with E-state index in [0.29, 0.717) is 35.9 Å². The summed E-state index contributed by atoms with van der Waals surface area (Å²) in [4.78, 5) is 20.7. The number of hydrogen-bond acceptors (Lipinski definition) is 6. The van der Waals surface area contributed by atoms with Gasteiger partial charge in [0.25, 0.3) is 5.91 Å². The van der Waals surface area contributed by atoms with Crippen LogP contribution < -0.4 is 14.2 Å². The minimum atomic E-state index is 0.0600. The van der Waals surface area contributed by atoms with Crippen LogP contribution in [0.25, 0.3) is 0 Å². The van der Waals surface area contributed by atoms with Gasteiger partial charge in [-0.25, -0.2) is 0 Å². The Balaban J connectivity index is 1.63.